The van der Waals surface area contributed by atoms with Gasteiger partial charge in [0.25, 0.3) is 0 Å². The van der Waals surface area contributed by atoms with E-state index < -0.39 is 4.92 Å². The van der Waals surface area contributed by atoms with Gasteiger partial charge in [-0.3, -0.25) is 10.1 Å². The Hall–Kier alpha value is -0.910. The van der Waals surface area contributed by atoms with Gasteiger partial charge in [-0.25, -0.2) is 4.98 Å². The number of pyridine rings is 1. The molecule has 0 N–H and O–H groups in total. The fourth-order valence-corrected chi connectivity index (χ4v) is 2.39. The molecule has 0 saturated carbocycles. The molecule has 0 spiro atoms. The van der Waals surface area contributed by atoms with Crippen LogP contribution in [0.1, 0.15) is 0 Å². The van der Waals surface area contributed by atoms with Crippen LogP contribution in [0.25, 0.3) is 10.9 Å². The summed E-state index contributed by atoms with van der Waals surface area (Å²) in [6, 6.07) is 5.13. The fraction of sp³-hybridized carbons (Fsp3) is 0. The van der Waals surface area contributed by atoms with E-state index in [0.29, 0.717) is 15.4 Å². The van der Waals surface area contributed by atoms with E-state index in [2.05, 4.69) is 20.9 Å². The molecule has 0 aliphatic rings. The number of fused-ring (bicyclic) bond motifs is 1. The van der Waals surface area contributed by atoms with Gasteiger partial charge in [0.05, 0.1) is 10.4 Å². The van der Waals surface area contributed by atoms with Gasteiger partial charge in [0, 0.05) is 9.86 Å². The minimum Gasteiger partial charge on any atom is -0.258 e. The van der Waals surface area contributed by atoms with Crippen molar-refractivity contribution < 1.29 is 4.92 Å². The van der Waals surface area contributed by atoms with Crippen LogP contribution in [0.3, 0.4) is 0 Å². The second-order valence-corrected chi connectivity index (χ2v) is 4.55. The highest BCUT2D eigenvalue weighted by atomic mass is 79.9. The van der Waals surface area contributed by atoms with E-state index >= 15 is 0 Å². The smallest absolute Gasteiger partial charge is 0.258 e. The Balaban J connectivity index is 2.94. The van der Waals surface area contributed by atoms with E-state index in [-0.39, 0.29) is 15.9 Å². The summed E-state index contributed by atoms with van der Waals surface area (Å²) < 4.78 is 0.684. The highest BCUT2D eigenvalue weighted by molar-refractivity contribution is 9.10. The molecular formula is C9H3BrCl2N2O2. The van der Waals surface area contributed by atoms with Gasteiger partial charge in [-0.2, -0.15) is 0 Å². The molecule has 2 aromatic rings. The van der Waals surface area contributed by atoms with E-state index in [0.717, 1.165) is 0 Å². The van der Waals surface area contributed by atoms with Crippen LogP contribution >= 0.6 is 39.1 Å². The lowest BCUT2D eigenvalue weighted by molar-refractivity contribution is -0.384. The van der Waals surface area contributed by atoms with E-state index in [9.17, 15) is 10.1 Å². The Morgan fingerprint density at radius 3 is 2.69 bits per heavy atom. The monoisotopic (exact) mass is 320 g/mol. The summed E-state index contributed by atoms with van der Waals surface area (Å²) >= 11 is 14.9. The first-order valence-electron chi connectivity index (χ1n) is 4.10. The second-order valence-electron chi connectivity index (χ2n) is 2.96. The maximum absolute atomic E-state index is 10.8. The Morgan fingerprint density at radius 1 is 1.38 bits per heavy atom. The standard InChI is InChI=1S/C9H3BrCl2N2O2/c10-5-3-1-2-4-6(11)8(14(15)16)9(12)13-7(4)5/h1-3H. The molecule has 0 atom stereocenters. The Morgan fingerprint density at radius 2 is 2.06 bits per heavy atom. The van der Waals surface area contributed by atoms with Crippen molar-refractivity contribution in [3.63, 3.8) is 0 Å². The largest absolute Gasteiger partial charge is 0.325 e. The molecule has 0 bridgehead atoms. The van der Waals surface area contributed by atoms with Crippen molar-refractivity contribution in [3.8, 4) is 0 Å². The average Bonchev–Trinajstić information content (AvgIpc) is 2.19. The summed E-state index contributed by atoms with van der Waals surface area (Å²) in [7, 11) is 0. The van der Waals surface area contributed by atoms with Crippen LogP contribution in [-0.4, -0.2) is 9.91 Å². The highest BCUT2D eigenvalue weighted by Gasteiger charge is 2.22. The molecule has 1 heterocycles. The molecule has 0 amide bonds. The second kappa shape index (κ2) is 4.16. The van der Waals surface area contributed by atoms with E-state index in [1.54, 1.807) is 18.2 Å². The number of hydrogen-bond acceptors (Lipinski definition) is 3. The number of hydrogen-bond donors (Lipinski definition) is 0. The third-order valence-electron chi connectivity index (χ3n) is 2.02. The number of nitrogens with zero attached hydrogens (tertiary/aromatic N) is 2. The van der Waals surface area contributed by atoms with Gasteiger partial charge in [0.2, 0.25) is 5.15 Å². The van der Waals surface area contributed by atoms with E-state index in [1.165, 1.54) is 0 Å². The molecule has 1 aromatic heterocycles. The summed E-state index contributed by atoms with van der Waals surface area (Å²) in [4.78, 5) is 14.1. The first kappa shape index (κ1) is 11.6. The molecule has 0 radical (unpaired) electrons. The van der Waals surface area contributed by atoms with Crippen molar-refractivity contribution in [2.75, 3.05) is 0 Å². The summed E-state index contributed by atoms with van der Waals surface area (Å²) in [5, 5.41) is 11.0. The molecule has 0 saturated heterocycles. The lowest BCUT2D eigenvalue weighted by atomic mass is 10.2. The molecule has 0 aliphatic carbocycles. The predicted molar refractivity (Wildman–Crippen MR) is 66.1 cm³/mol. The zero-order valence-electron chi connectivity index (χ0n) is 7.58. The molecule has 82 valence electrons. The molecule has 4 nitrogen and oxygen atoms in total. The van der Waals surface area contributed by atoms with E-state index in [4.69, 9.17) is 23.2 Å². The molecule has 0 aliphatic heterocycles. The normalized spacial score (nSPS) is 10.7. The van der Waals surface area contributed by atoms with Crippen molar-refractivity contribution >= 4 is 55.7 Å². The van der Waals surface area contributed by atoms with Crippen molar-refractivity contribution in [3.05, 3.63) is 43.0 Å². The molecule has 16 heavy (non-hydrogen) atoms. The quantitative estimate of drug-likeness (QED) is 0.449. The molecule has 0 unspecified atom stereocenters. The summed E-state index contributed by atoms with van der Waals surface area (Å²) in [6.45, 7) is 0. The van der Waals surface area contributed by atoms with Crippen molar-refractivity contribution in [2.24, 2.45) is 0 Å². The Bertz CT molecular complexity index is 604. The molecule has 0 fully saturated rings. The van der Waals surface area contributed by atoms with Gasteiger partial charge in [0.1, 0.15) is 5.02 Å². The maximum Gasteiger partial charge on any atom is 0.325 e. The number of nitro groups is 1. The first-order valence-corrected chi connectivity index (χ1v) is 5.65. The summed E-state index contributed by atoms with van der Waals surface area (Å²) in [6.07, 6.45) is 0. The van der Waals surface area contributed by atoms with Crippen LogP contribution in [0.5, 0.6) is 0 Å². The number of benzene rings is 1. The van der Waals surface area contributed by atoms with Gasteiger partial charge in [-0.15, -0.1) is 0 Å². The number of rotatable bonds is 1. The Kier molecular flexibility index (Phi) is 3.01. The molecule has 7 heteroatoms. The predicted octanol–water partition coefficient (Wildman–Crippen LogP) is 4.21. The van der Waals surface area contributed by atoms with Crippen molar-refractivity contribution in [2.45, 2.75) is 0 Å². The molecule has 1 aromatic carbocycles. The Labute approximate surface area is 108 Å². The zero-order chi connectivity index (χ0) is 11.9. The van der Waals surface area contributed by atoms with Gasteiger partial charge >= 0.3 is 5.69 Å². The number of aromatic nitrogens is 1. The van der Waals surface area contributed by atoms with Crippen molar-refractivity contribution in [1.82, 2.24) is 4.98 Å². The minimum absolute atomic E-state index is 0.00120. The fourth-order valence-electron chi connectivity index (χ4n) is 1.33. The van der Waals surface area contributed by atoms with Crippen LogP contribution in [0, 0.1) is 10.1 Å². The van der Waals surface area contributed by atoms with Crippen LogP contribution in [0.15, 0.2) is 22.7 Å². The van der Waals surface area contributed by atoms with Gasteiger partial charge < -0.3 is 0 Å². The third kappa shape index (κ3) is 1.75. The van der Waals surface area contributed by atoms with Crippen LogP contribution < -0.4 is 0 Å². The lowest BCUT2D eigenvalue weighted by Gasteiger charge is -2.04. The highest BCUT2D eigenvalue weighted by Crippen LogP contribution is 2.38. The van der Waals surface area contributed by atoms with Gasteiger partial charge in [-0.1, -0.05) is 35.3 Å². The topological polar surface area (TPSA) is 56.0 Å². The minimum atomic E-state index is -0.641. The van der Waals surface area contributed by atoms with Crippen LogP contribution in [0.4, 0.5) is 5.69 Å². The summed E-state index contributed by atoms with van der Waals surface area (Å²) in [5.74, 6) is 0. The SMILES string of the molecule is O=[N+]([O-])c1c(Cl)nc2c(Br)cccc2c1Cl. The zero-order valence-corrected chi connectivity index (χ0v) is 10.7. The van der Waals surface area contributed by atoms with Crippen LogP contribution in [0.2, 0.25) is 10.2 Å². The van der Waals surface area contributed by atoms with E-state index in [1.807, 2.05) is 0 Å². The molecule has 2 rings (SSSR count). The van der Waals surface area contributed by atoms with Gasteiger partial charge in [-0.05, 0) is 22.0 Å². The average molecular weight is 322 g/mol. The number of para-hydroxylation sites is 1. The third-order valence-corrected chi connectivity index (χ3v) is 3.31. The number of halogens is 3. The first-order chi connectivity index (χ1) is 7.52. The van der Waals surface area contributed by atoms with Crippen molar-refractivity contribution in [1.29, 1.82) is 0 Å². The summed E-state index contributed by atoms with van der Waals surface area (Å²) in [5.41, 5.74) is 0.136. The molecular weight excluding hydrogens is 319 g/mol. The maximum atomic E-state index is 10.8. The van der Waals surface area contributed by atoms with Gasteiger partial charge in [0.15, 0.2) is 0 Å². The van der Waals surface area contributed by atoms with Crippen LogP contribution in [-0.2, 0) is 0 Å². The lowest BCUT2D eigenvalue weighted by Crippen LogP contribution is -1.94.